The summed E-state index contributed by atoms with van der Waals surface area (Å²) in [5, 5.41) is 10.3. The van der Waals surface area contributed by atoms with Gasteiger partial charge in [-0.25, -0.2) is 4.79 Å². The number of hydrogen-bond acceptors (Lipinski definition) is 8. The van der Waals surface area contributed by atoms with Gasteiger partial charge in [-0.15, -0.1) is 0 Å². The largest absolute Gasteiger partial charge is 0.507 e. The molecule has 0 amide bonds. The van der Waals surface area contributed by atoms with Gasteiger partial charge in [0, 0.05) is 19.9 Å². The van der Waals surface area contributed by atoms with Gasteiger partial charge in [0.1, 0.15) is 43.5 Å². The Labute approximate surface area is 232 Å². The normalized spacial score (nSPS) is 12.7. The van der Waals surface area contributed by atoms with E-state index in [1.165, 1.54) is 26.0 Å². The van der Waals surface area contributed by atoms with E-state index >= 15 is 0 Å². The van der Waals surface area contributed by atoms with E-state index in [9.17, 15) is 19.5 Å². The number of carbonyl (C=O) groups excluding carboxylic acids is 3. The van der Waals surface area contributed by atoms with Gasteiger partial charge in [0.05, 0.1) is 0 Å². The molecule has 0 spiro atoms. The van der Waals surface area contributed by atoms with Crippen LogP contribution in [-0.2, 0) is 23.8 Å². The van der Waals surface area contributed by atoms with Crippen LogP contribution >= 0.6 is 0 Å². The van der Waals surface area contributed by atoms with E-state index in [0.717, 1.165) is 48.0 Å². The second-order valence-corrected chi connectivity index (χ2v) is 9.43. The van der Waals surface area contributed by atoms with Crippen LogP contribution in [0.3, 0.4) is 0 Å². The van der Waals surface area contributed by atoms with Crippen molar-refractivity contribution in [1.29, 1.82) is 0 Å². The number of carbonyl (C=O) groups is 3. The summed E-state index contributed by atoms with van der Waals surface area (Å²) in [6, 6.07) is 4.51. The van der Waals surface area contributed by atoms with Gasteiger partial charge in [-0.05, 0) is 88.8 Å². The van der Waals surface area contributed by atoms with Gasteiger partial charge < -0.3 is 24.1 Å². The van der Waals surface area contributed by atoms with Crippen LogP contribution in [0, 0.1) is 0 Å². The van der Waals surface area contributed by atoms with Crippen molar-refractivity contribution in [3.05, 3.63) is 70.4 Å². The van der Waals surface area contributed by atoms with Crippen LogP contribution in [0.5, 0.6) is 11.5 Å². The van der Waals surface area contributed by atoms with E-state index in [-0.39, 0.29) is 43.1 Å². The third kappa shape index (κ3) is 15.9. The van der Waals surface area contributed by atoms with Gasteiger partial charge in [0.2, 0.25) is 0 Å². The predicted molar refractivity (Wildman–Crippen MR) is 151 cm³/mol. The zero-order chi connectivity index (χ0) is 29.2. The highest BCUT2D eigenvalue weighted by molar-refractivity contribution is 5.92. The van der Waals surface area contributed by atoms with Gasteiger partial charge in [-0.2, -0.15) is 0 Å². The van der Waals surface area contributed by atoms with Crippen molar-refractivity contribution in [3.8, 4) is 11.5 Å². The summed E-state index contributed by atoms with van der Waals surface area (Å²) in [4.78, 5) is 34.0. The minimum Gasteiger partial charge on any atom is -0.507 e. The van der Waals surface area contributed by atoms with Crippen molar-refractivity contribution in [2.24, 2.45) is 0 Å². The summed E-state index contributed by atoms with van der Waals surface area (Å²) in [5.74, 6) is -0.974. The van der Waals surface area contributed by atoms with Crippen molar-refractivity contribution in [2.75, 3.05) is 26.4 Å². The second-order valence-electron chi connectivity index (χ2n) is 9.43. The van der Waals surface area contributed by atoms with E-state index in [4.69, 9.17) is 18.9 Å². The van der Waals surface area contributed by atoms with Crippen LogP contribution in [0.2, 0.25) is 0 Å². The summed E-state index contributed by atoms with van der Waals surface area (Å²) in [5.41, 5.74) is 4.24. The Kier molecular flexibility index (Phi) is 15.7. The van der Waals surface area contributed by atoms with Crippen LogP contribution in [-0.4, -0.2) is 49.4 Å². The number of esters is 3. The third-order valence-corrected chi connectivity index (χ3v) is 5.59. The molecule has 8 nitrogen and oxygen atoms in total. The Bertz CT molecular complexity index is 1090. The van der Waals surface area contributed by atoms with Crippen LogP contribution in [0.15, 0.2) is 64.8 Å². The maximum Gasteiger partial charge on any atom is 0.342 e. The number of rotatable bonds is 16. The zero-order valence-corrected chi connectivity index (χ0v) is 24.0. The first kappa shape index (κ1) is 33.2. The molecule has 0 atom stereocenters. The lowest BCUT2D eigenvalue weighted by Gasteiger charge is -2.10. The lowest BCUT2D eigenvalue weighted by molar-refractivity contribution is -0.140. The van der Waals surface area contributed by atoms with Crippen molar-refractivity contribution >= 4 is 17.9 Å². The smallest absolute Gasteiger partial charge is 0.342 e. The molecule has 0 fully saturated rings. The number of phenolic OH excluding ortho intramolecular Hbond substituents is 1. The molecule has 1 rings (SSSR count). The SMILES string of the molecule is CC(=O)OC/C=C(\C)CC/C=C(\C)COC(=O)c1ccc(OC/C(C)=C/CC/C(C)=C/COC(C)=O)cc1O. The number of phenols is 1. The fraction of sp³-hybridized carbons (Fsp3) is 0.452. The lowest BCUT2D eigenvalue weighted by Crippen LogP contribution is -2.08. The Morgan fingerprint density at radius 2 is 1.21 bits per heavy atom. The molecule has 0 aliphatic carbocycles. The van der Waals surface area contributed by atoms with Gasteiger partial charge in [0.25, 0.3) is 0 Å². The summed E-state index contributed by atoms with van der Waals surface area (Å²) < 4.78 is 20.9. The number of hydrogen-bond donors (Lipinski definition) is 1. The minimum absolute atomic E-state index is 0.0719. The van der Waals surface area contributed by atoms with Crippen molar-refractivity contribution in [2.45, 2.75) is 67.2 Å². The van der Waals surface area contributed by atoms with Crippen LogP contribution in [0.25, 0.3) is 0 Å². The maximum atomic E-state index is 12.4. The molecule has 0 saturated heterocycles. The second kappa shape index (κ2) is 18.4. The van der Waals surface area contributed by atoms with E-state index < -0.39 is 5.97 Å². The molecule has 39 heavy (non-hydrogen) atoms. The van der Waals surface area contributed by atoms with Crippen molar-refractivity contribution < 1.29 is 38.4 Å². The molecule has 0 saturated carbocycles. The molecule has 0 radical (unpaired) electrons. The predicted octanol–water partition coefficient (Wildman–Crippen LogP) is 6.40. The first-order chi connectivity index (χ1) is 18.5. The highest BCUT2D eigenvalue weighted by Crippen LogP contribution is 2.25. The van der Waals surface area contributed by atoms with Crippen LogP contribution < -0.4 is 4.74 Å². The summed E-state index contributed by atoms with van der Waals surface area (Å²) >= 11 is 0. The average Bonchev–Trinajstić information content (AvgIpc) is 2.85. The van der Waals surface area contributed by atoms with Crippen molar-refractivity contribution in [3.63, 3.8) is 0 Å². The molecule has 0 heterocycles. The Morgan fingerprint density at radius 3 is 1.69 bits per heavy atom. The maximum absolute atomic E-state index is 12.4. The molecule has 1 N–H and O–H groups in total. The summed E-state index contributed by atoms with van der Waals surface area (Å²) in [6.07, 6.45) is 11.1. The molecule has 0 aromatic heterocycles. The van der Waals surface area contributed by atoms with Gasteiger partial charge in [-0.3, -0.25) is 9.59 Å². The van der Waals surface area contributed by atoms with Gasteiger partial charge in [-0.1, -0.05) is 23.3 Å². The number of ether oxygens (including phenoxy) is 4. The first-order valence-corrected chi connectivity index (χ1v) is 13.0. The molecular weight excluding hydrogens is 500 g/mol. The lowest BCUT2D eigenvalue weighted by atomic mass is 10.1. The van der Waals surface area contributed by atoms with Crippen LogP contribution in [0.1, 0.15) is 77.6 Å². The molecule has 8 heteroatoms. The topological polar surface area (TPSA) is 108 Å². The third-order valence-electron chi connectivity index (χ3n) is 5.59. The highest BCUT2D eigenvalue weighted by atomic mass is 16.5. The van der Waals surface area contributed by atoms with Gasteiger partial charge >= 0.3 is 17.9 Å². The fourth-order valence-electron chi connectivity index (χ4n) is 3.25. The molecule has 1 aromatic rings. The Balaban J connectivity index is 2.47. The molecule has 0 aliphatic rings. The standard InChI is InChI=1S/C31H42O8/c1-22(15-17-36-26(5)32)9-7-11-24(3)20-38-28-13-14-29(30(34)19-28)31(35)39-21-25(4)12-8-10-23(2)16-18-37-27(6)33/h11-16,19,34H,7-10,17-18,20-21H2,1-6H3/b22-15+,23-16+,24-11+,25-12+. The first-order valence-electron chi connectivity index (χ1n) is 13.0. The van der Waals surface area contributed by atoms with E-state index in [0.29, 0.717) is 12.4 Å². The van der Waals surface area contributed by atoms with E-state index in [2.05, 4.69) is 6.08 Å². The quantitative estimate of drug-likeness (QED) is 0.145. The Morgan fingerprint density at radius 1 is 0.692 bits per heavy atom. The molecule has 0 bridgehead atoms. The zero-order valence-electron chi connectivity index (χ0n) is 24.0. The van der Waals surface area contributed by atoms with Crippen molar-refractivity contribution in [1.82, 2.24) is 0 Å². The highest BCUT2D eigenvalue weighted by Gasteiger charge is 2.14. The number of allylic oxidation sites excluding steroid dienone is 4. The number of aromatic hydroxyl groups is 1. The molecule has 0 aliphatic heterocycles. The summed E-state index contributed by atoms with van der Waals surface area (Å²) in [7, 11) is 0. The summed E-state index contributed by atoms with van der Waals surface area (Å²) in [6.45, 7) is 11.6. The van der Waals surface area contributed by atoms with Crippen LogP contribution in [0.4, 0.5) is 0 Å². The molecule has 1 aromatic carbocycles. The minimum atomic E-state index is -0.613. The number of benzene rings is 1. The monoisotopic (exact) mass is 542 g/mol. The Hall–Kier alpha value is -3.81. The fourth-order valence-corrected chi connectivity index (χ4v) is 3.25. The van der Waals surface area contributed by atoms with E-state index in [1.54, 1.807) is 6.07 Å². The van der Waals surface area contributed by atoms with E-state index in [1.807, 2.05) is 45.9 Å². The molecule has 214 valence electrons. The molecular formula is C31H42O8. The average molecular weight is 543 g/mol. The van der Waals surface area contributed by atoms with Gasteiger partial charge in [0.15, 0.2) is 0 Å². The molecule has 0 unspecified atom stereocenters.